The van der Waals surface area contributed by atoms with Crippen LogP contribution in [0.4, 0.5) is 0 Å². The van der Waals surface area contributed by atoms with Gasteiger partial charge in [-0.2, -0.15) is 10.5 Å². The number of aromatic nitrogens is 4. The number of H-pyrrole nitrogens is 1. The molecule has 0 fully saturated rings. The van der Waals surface area contributed by atoms with E-state index in [9.17, 15) is 4.79 Å². The molecule has 18 heavy (non-hydrogen) atoms. The minimum absolute atomic E-state index is 0.0117. The summed E-state index contributed by atoms with van der Waals surface area (Å²) in [5.41, 5.74) is -0.233. The van der Waals surface area contributed by atoms with Crippen molar-refractivity contribution in [2.75, 3.05) is 0 Å². The molecule has 0 radical (unpaired) electrons. The number of nitrogens with zero attached hydrogens (tertiary/aromatic N) is 5. The number of nitrogens with one attached hydrogen (secondary N) is 1. The van der Waals surface area contributed by atoms with Crippen molar-refractivity contribution < 1.29 is 0 Å². The molecule has 2 aromatic rings. The lowest BCUT2D eigenvalue weighted by Crippen LogP contribution is -2.13. The highest BCUT2D eigenvalue weighted by molar-refractivity contribution is 5.41. The smallest absolute Gasteiger partial charge is 0.253 e. The van der Waals surface area contributed by atoms with E-state index in [0.29, 0.717) is 12.2 Å². The first kappa shape index (κ1) is 11.6. The van der Waals surface area contributed by atoms with Gasteiger partial charge >= 0.3 is 0 Å². The molecule has 0 saturated carbocycles. The predicted molar refractivity (Wildman–Crippen MR) is 60.8 cm³/mol. The molecule has 0 amide bonds. The summed E-state index contributed by atoms with van der Waals surface area (Å²) >= 11 is 0. The molecule has 2 heterocycles. The molecule has 0 aromatic carbocycles. The van der Waals surface area contributed by atoms with Crippen molar-refractivity contribution in [1.82, 2.24) is 19.5 Å². The van der Waals surface area contributed by atoms with Crippen LogP contribution in [-0.4, -0.2) is 19.5 Å². The summed E-state index contributed by atoms with van der Waals surface area (Å²) in [4.78, 5) is 22.0. The van der Waals surface area contributed by atoms with Gasteiger partial charge in [0, 0.05) is 12.5 Å². The second-order valence-corrected chi connectivity index (χ2v) is 3.44. The average molecular weight is 240 g/mol. The van der Waals surface area contributed by atoms with Crippen LogP contribution in [0.25, 0.3) is 5.82 Å². The van der Waals surface area contributed by atoms with E-state index in [0.717, 1.165) is 0 Å². The zero-order valence-electron chi connectivity index (χ0n) is 9.51. The van der Waals surface area contributed by atoms with Crippen LogP contribution in [0, 0.1) is 22.7 Å². The highest BCUT2D eigenvalue weighted by Crippen LogP contribution is 2.10. The molecular weight excluding hydrogens is 232 g/mol. The third-order valence-electron chi connectivity index (χ3n) is 2.34. The fraction of sp³-hybridized carbons (Fsp3) is 0.182. The molecule has 0 unspecified atom stereocenters. The zero-order chi connectivity index (χ0) is 13.1. The highest BCUT2D eigenvalue weighted by Gasteiger charge is 2.13. The number of nitriles is 2. The Hall–Kier alpha value is -2.93. The van der Waals surface area contributed by atoms with E-state index in [1.54, 1.807) is 0 Å². The van der Waals surface area contributed by atoms with Gasteiger partial charge in [0.25, 0.3) is 5.56 Å². The summed E-state index contributed by atoms with van der Waals surface area (Å²) in [5, 5.41) is 17.8. The molecule has 0 aliphatic rings. The number of rotatable bonds is 2. The summed E-state index contributed by atoms with van der Waals surface area (Å²) in [7, 11) is 0. The molecule has 1 N–H and O–H groups in total. The van der Waals surface area contributed by atoms with Crippen LogP contribution in [-0.2, 0) is 6.42 Å². The molecule has 0 saturated heterocycles. The fourth-order valence-corrected chi connectivity index (χ4v) is 1.50. The Morgan fingerprint density at radius 1 is 1.44 bits per heavy atom. The van der Waals surface area contributed by atoms with Gasteiger partial charge in [0.2, 0.25) is 0 Å². The minimum Gasteiger partial charge on any atom is -0.310 e. The molecule has 0 bridgehead atoms. The van der Waals surface area contributed by atoms with Gasteiger partial charge in [0.05, 0.1) is 0 Å². The van der Waals surface area contributed by atoms with Crippen molar-refractivity contribution >= 4 is 0 Å². The molecule has 0 aliphatic heterocycles. The Labute approximate surface area is 102 Å². The molecule has 0 aliphatic carbocycles. The number of aromatic amines is 1. The van der Waals surface area contributed by atoms with Gasteiger partial charge in [-0.25, -0.2) is 9.97 Å². The molecule has 0 spiro atoms. The van der Waals surface area contributed by atoms with Gasteiger partial charge < -0.3 is 4.98 Å². The number of imidazole rings is 1. The molecule has 7 nitrogen and oxygen atoms in total. The highest BCUT2D eigenvalue weighted by atomic mass is 16.1. The number of aryl methyl sites for hydroxylation is 1. The van der Waals surface area contributed by atoms with Crippen molar-refractivity contribution in [1.29, 1.82) is 10.5 Å². The Morgan fingerprint density at radius 2 is 2.22 bits per heavy atom. The van der Waals surface area contributed by atoms with Gasteiger partial charge in [-0.15, -0.1) is 0 Å². The monoisotopic (exact) mass is 240 g/mol. The largest absolute Gasteiger partial charge is 0.310 e. The third kappa shape index (κ3) is 1.85. The number of hydrogen-bond donors (Lipinski definition) is 1. The van der Waals surface area contributed by atoms with E-state index in [1.165, 1.54) is 17.0 Å². The van der Waals surface area contributed by atoms with Crippen LogP contribution < -0.4 is 5.56 Å². The van der Waals surface area contributed by atoms with Crippen LogP contribution >= 0.6 is 0 Å². The Balaban J connectivity index is 2.67. The van der Waals surface area contributed by atoms with E-state index in [2.05, 4.69) is 15.0 Å². The fourth-order valence-electron chi connectivity index (χ4n) is 1.50. The van der Waals surface area contributed by atoms with E-state index in [4.69, 9.17) is 10.5 Å². The third-order valence-corrected chi connectivity index (χ3v) is 2.34. The first-order valence-electron chi connectivity index (χ1n) is 5.17. The Bertz CT molecular complexity index is 727. The maximum Gasteiger partial charge on any atom is 0.253 e. The van der Waals surface area contributed by atoms with Gasteiger partial charge in [0.15, 0.2) is 11.4 Å². The topological polar surface area (TPSA) is 111 Å². The van der Waals surface area contributed by atoms with Crippen molar-refractivity contribution in [3.05, 3.63) is 40.0 Å². The van der Waals surface area contributed by atoms with E-state index < -0.39 is 0 Å². The van der Waals surface area contributed by atoms with Crippen LogP contribution in [0.2, 0.25) is 0 Å². The summed E-state index contributed by atoms with van der Waals surface area (Å²) < 4.78 is 1.33. The van der Waals surface area contributed by atoms with E-state index >= 15 is 0 Å². The van der Waals surface area contributed by atoms with E-state index in [-0.39, 0.29) is 22.8 Å². The standard InChI is InChI=1S/C11H8N6O/c1-2-9-15-10(3-11(18)16-9)17-6-14-7(4-12)8(17)5-13/h3,6H,2H2,1H3,(H,15,16,18). The molecule has 2 rings (SSSR count). The lowest BCUT2D eigenvalue weighted by atomic mass is 10.3. The van der Waals surface area contributed by atoms with Crippen LogP contribution in [0.15, 0.2) is 17.2 Å². The molecule has 0 atom stereocenters. The quantitative estimate of drug-likeness (QED) is 0.809. The van der Waals surface area contributed by atoms with Gasteiger partial charge in [-0.1, -0.05) is 6.92 Å². The van der Waals surface area contributed by atoms with Crippen molar-refractivity contribution in [3.63, 3.8) is 0 Å². The first-order chi connectivity index (χ1) is 8.69. The van der Waals surface area contributed by atoms with Crippen molar-refractivity contribution in [2.24, 2.45) is 0 Å². The average Bonchev–Trinajstić information content (AvgIpc) is 2.80. The van der Waals surface area contributed by atoms with Crippen LogP contribution in [0.5, 0.6) is 0 Å². The van der Waals surface area contributed by atoms with Gasteiger partial charge in [-0.3, -0.25) is 9.36 Å². The summed E-state index contributed by atoms with van der Waals surface area (Å²) in [6.45, 7) is 1.85. The maximum atomic E-state index is 11.4. The molecule has 7 heteroatoms. The SMILES string of the molecule is CCc1nc(-n2cnc(C#N)c2C#N)cc(=O)[nH]1. The normalized spacial score (nSPS) is 9.72. The summed E-state index contributed by atoms with van der Waals surface area (Å²) in [5.74, 6) is 0.787. The molecule has 88 valence electrons. The van der Waals surface area contributed by atoms with Crippen molar-refractivity contribution in [3.8, 4) is 18.0 Å². The first-order valence-corrected chi connectivity index (χ1v) is 5.17. The van der Waals surface area contributed by atoms with Crippen molar-refractivity contribution in [2.45, 2.75) is 13.3 Å². The van der Waals surface area contributed by atoms with Gasteiger partial charge in [-0.05, 0) is 0 Å². The molecular formula is C11H8N6O. The maximum absolute atomic E-state index is 11.4. The lowest BCUT2D eigenvalue weighted by molar-refractivity contribution is 0.867. The summed E-state index contributed by atoms with van der Waals surface area (Å²) in [6, 6.07) is 4.94. The second kappa shape index (κ2) is 4.52. The second-order valence-electron chi connectivity index (χ2n) is 3.44. The van der Waals surface area contributed by atoms with E-state index in [1.807, 2.05) is 19.1 Å². The summed E-state index contributed by atoms with van der Waals surface area (Å²) in [6.07, 6.45) is 1.86. The lowest BCUT2D eigenvalue weighted by Gasteiger charge is -2.03. The van der Waals surface area contributed by atoms with Crippen LogP contribution in [0.3, 0.4) is 0 Å². The Kier molecular flexibility index (Phi) is 2.90. The predicted octanol–water partition coefficient (Wildman–Crippen LogP) is 0.261. The molecule has 2 aromatic heterocycles. The number of hydrogen-bond acceptors (Lipinski definition) is 5. The van der Waals surface area contributed by atoms with Crippen LogP contribution in [0.1, 0.15) is 24.1 Å². The Morgan fingerprint density at radius 3 is 2.83 bits per heavy atom. The van der Waals surface area contributed by atoms with Gasteiger partial charge in [0.1, 0.15) is 30.1 Å². The minimum atomic E-state index is -0.312. The zero-order valence-corrected chi connectivity index (χ0v) is 9.51.